The molecule has 7 rings (SSSR count). The molecule has 0 nitrogen and oxygen atoms in total. The van der Waals surface area contributed by atoms with Gasteiger partial charge in [0.25, 0.3) is 0 Å². The van der Waals surface area contributed by atoms with Gasteiger partial charge in [0, 0.05) is 11.1 Å². The lowest BCUT2D eigenvalue weighted by molar-refractivity contribution is 0.797. The summed E-state index contributed by atoms with van der Waals surface area (Å²) in [6.07, 6.45) is 3.29. The van der Waals surface area contributed by atoms with Crippen LogP contribution in [0.15, 0.2) is 188 Å². The van der Waals surface area contributed by atoms with Crippen molar-refractivity contribution >= 4 is 28.5 Å². The van der Waals surface area contributed by atoms with Crippen molar-refractivity contribution in [3.8, 4) is 33.4 Å². The Bertz CT molecular complexity index is 1920. The van der Waals surface area contributed by atoms with Crippen molar-refractivity contribution in [1.29, 1.82) is 0 Å². The van der Waals surface area contributed by atoms with Gasteiger partial charge in [-0.05, 0) is 83.1 Å². The molecular weight excluding hydrogens is 583 g/mol. The molecule has 0 radical (unpaired) electrons. The summed E-state index contributed by atoms with van der Waals surface area (Å²) >= 11 is 0. The average molecular weight is 624 g/mol. The highest BCUT2D eigenvalue weighted by molar-refractivity contribution is 8.01. The second-order valence-corrected chi connectivity index (χ2v) is 15.4. The first-order valence-electron chi connectivity index (χ1n) is 16.7. The zero-order valence-electron chi connectivity index (χ0n) is 27.0. The monoisotopic (exact) mass is 623 g/mol. The Kier molecular flexibility index (Phi) is 9.23. The van der Waals surface area contributed by atoms with Crippen LogP contribution in [0, 0.1) is 0 Å². The maximum atomic E-state index is 2.62. The van der Waals surface area contributed by atoms with Gasteiger partial charge in [-0.2, -0.15) is 0 Å². The minimum atomic E-state index is -2.43. The van der Waals surface area contributed by atoms with E-state index in [4.69, 9.17) is 0 Å². The van der Waals surface area contributed by atoms with Crippen LogP contribution in [0.1, 0.15) is 25.3 Å². The Balaban J connectivity index is 1.76. The second kappa shape index (κ2) is 14.2. The largest absolute Gasteiger partial charge is 0.145 e. The van der Waals surface area contributed by atoms with Gasteiger partial charge in [-0.25, -0.2) is 0 Å². The minimum Gasteiger partial charge on any atom is -0.0654 e. The van der Waals surface area contributed by atoms with Crippen molar-refractivity contribution in [2.45, 2.75) is 26.2 Å². The molecule has 0 saturated carbocycles. The van der Waals surface area contributed by atoms with Crippen LogP contribution < -0.4 is 21.2 Å². The SMILES string of the molecule is CCCCc1cc([P+](c2ccccc2)(c2ccccc2)c2ccccc2)c(-c2ccccc2)c(-c2ccccc2)c1-c1ccccc1. The van der Waals surface area contributed by atoms with Crippen molar-refractivity contribution in [2.75, 3.05) is 0 Å². The summed E-state index contributed by atoms with van der Waals surface area (Å²) < 4.78 is 0. The van der Waals surface area contributed by atoms with Gasteiger partial charge in [0.1, 0.15) is 28.5 Å². The Morgan fingerprint density at radius 3 is 1.11 bits per heavy atom. The van der Waals surface area contributed by atoms with Crippen molar-refractivity contribution in [3.63, 3.8) is 0 Å². The molecule has 7 aromatic carbocycles. The number of benzene rings is 7. The summed E-state index contributed by atoms with van der Waals surface area (Å²) in [6, 6.07) is 69.8. The molecule has 0 aliphatic rings. The first-order chi connectivity index (χ1) is 23.3. The number of aryl methyl sites for hydroxylation is 1. The van der Waals surface area contributed by atoms with Crippen LogP contribution >= 0.6 is 7.26 Å². The normalized spacial score (nSPS) is 11.3. The van der Waals surface area contributed by atoms with E-state index in [1.807, 2.05) is 0 Å². The fourth-order valence-electron chi connectivity index (χ4n) is 7.10. The van der Waals surface area contributed by atoms with Crippen molar-refractivity contribution < 1.29 is 0 Å². The molecule has 47 heavy (non-hydrogen) atoms. The molecule has 0 aromatic heterocycles. The van der Waals surface area contributed by atoms with E-state index in [0.29, 0.717) is 0 Å². The molecule has 0 bridgehead atoms. The Morgan fingerprint density at radius 2 is 0.723 bits per heavy atom. The molecular formula is C46H40P+. The fourth-order valence-corrected chi connectivity index (χ4v) is 11.6. The van der Waals surface area contributed by atoms with Crippen LogP contribution in [0.2, 0.25) is 0 Å². The van der Waals surface area contributed by atoms with E-state index in [-0.39, 0.29) is 0 Å². The maximum absolute atomic E-state index is 2.62. The van der Waals surface area contributed by atoms with E-state index in [0.717, 1.165) is 19.3 Å². The zero-order valence-corrected chi connectivity index (χ0v) is 27.9. The van der Waals surface area contributed by atoms with Crippen molar-refractivity contribution in [1.82, 2.24) is 0 Å². The molecule has 7 aromatic rings. The number of unbranched alkanes of at least 4 members (excludes halogenated alkanes) is 1. The van der Waals surface area contributed by atoms with Gasteiger partial charge in [0.2, 0.25) is 0 Å². The summed E-state index contributed by atoms with van der Waals surface area (Å²) in [6.45, 7) is 2.30. The Morgan fingerprint density at radius 1 is 0.383 bits per heavy atom. The standard InChI is InChI=1S/C46H40P/c1-2-3-22-39-35-43(47(40-29-16-7-17-30-40,41-31-18-8-19-32-41)42-33-20-9-21-34-42)45(37-25-12-5-13-26-37)46(38-27-14-6-15-28-38)44(39)36-23-10-4-11-24-36/h4-21,23-35H,2-3,22H2,1H3/q+1. The molecule has 0 fully saturated rings. The van der Waals surface area contributed by atoms with Crippen LogP contribution in [-0.4, -0.2) is 0 Å². The molecule has 1 heteroatoms. The van der Waals surface area contributed by atoms with E-state index >= 15 is 0 Å². The third kappa shape index (κ3) is 5.87. The van der Waals surface area contributed by atoms with Crippen LogP contribution in [0.5, 0.6) is 0 Å². The van der Waals surface area contributed by atoms with Crippen molar-refractivity contribution in [3.05, 3.63) is 194 Å². The van der Waals surface area contributed by atoms with E-state index in [2.05, 4.69) is 195 Å². The van der Waals surface area contributed by atoms with Gasteiger partial charge in [0.05, 0.1) is 0 Å². The van der Waals surface area contributed by atoms with Gasteiger partial charge < -0.3 is 0 Å². The molecule has 228 valence electrons. The topological polar surface area (TPSA) is 0 Å². The first kappa shape index (κ1) is 30.6. The molecule has 0 aliphatic carbocycles. The summed E-state index contributed by atoms with van der Waals surface area (Å²) in [5, 5.41) is 5.50. The highest BCUT2D eigenvalue weighted by atomic mass is 31.2. The summed E-state index contributed by atoms with van der Waals surface area (Å²) in [7, 11) is -2.43. The molecule has 0 N–H and O–H groups in total. The predicted octanol–water partition coefficient (Wildman–Crippen LogP) is 10.6. The highest BCUT2D eigenvalue weighted by Gasteiger charge is 2.50. The number of rotatable bonds is 10. The first-order valence-corrected chi connectivity index (χ1v) is 18.5. The Hall–Kier alpha value is -5.03. The molecule has 0 unspecified atom stereocenters. The minimum absolute atomic E-state index is 1.01. The van der Waals surface area contributed by atoms with Gasteiger partial charge in [-0.15, -0.1) is 0 Å². The maximum Gasteiger partial charge on any atom is 0.145 e. The smallest absolute Gasteiger partial charge is 0.0654 e. The highest BCUT2D eigenvalue weighted by Crippen LogP contribution is 2.58. The van der Waals surface area contributed by atoms with E-state index in [1.54, 1.807) is 0 Å². The van der Waals surface area contributed by atoms with Crippen molar-refractivity contribution in [2.24, 2.45) is 0 Å². The van der Waals surface area contributed by atoms with Gasteiger partial charge >= 0.3 is 0 Å². The quantitative estimate of drug-likeness (QED) is 0.133. The Labute approximate surface area is 280 Å². The van der Waals surface area contributed by atoms with E-state index < -0.39 is 7.26 Å². The molecule has 0 spiro atoms. The lowest BCUT2D eigenvalue weighted by Crippen LogP contribution is -2.40. The summed E-state index contributed by atoms with van der Waals surface area (Å²) in [4.78, 5) is 0. The van der Waals surface area contributed by atoms with Crippen LogP contribution in [0.3, 0.4) is 0 Å². The average Bonchev–Trinajstić information content (AvgIpc) is 3.16. The van der Waals surface area contributed by atoms with Crippen LogP contribution in [0.25, 0.3) is 33.4 Å². The van der Waals surface area contributed by atoms with Gasteiger partial charge in [-0.3, -0.25) is 0 Å². The summed E-state index contributed by atoms with van der Waals surface area (Å²) in [5.74, 6) is 0. The van der Waals surface area contributed by atoms with E-state index in [1.165, 1.54) is 60.2 Å². The molecule has 0 aliphatic heterocycles. The van der Waals surface area contributed by atoms with Gasteiger partial charge in [-0.1, -0.05) is 159 Å². The lowest BCUT2D eigenvalue weighted by Gasteiger charge is -2.32. The zero-order chi connectivity index (χ0) is 31.9. The number of hydrogen-bond acceptors (Lipinski definition) is 0. The van der Waals surface area contributed by atoms with Crippen LogP contribution in [-0.2, 0) is 6.42 Å². The molecule has 0 saturated heterocycles. The van der Waals surface area contributed by atoms with Crippen LogP contribution in [0.4, 0.5) is 0 Å². The molecule has 0 amide bonds. The second-order valence-electron chi connectivity index (χ2n) is 12.1. The number of hydrogen-bond donors (Lipinski definition) is 0. The fraction of sp³-hybridized carbons (Fsp3) is 0.0870. The van der Waals surface area contributed by atoms with E-state index in [9.17, 15) is 0 Å². The third-order valence-corrected chi connectivity index (χ3v) is 13.5. The lowest BCUT2D eigenvalue weighted by atomic mass is 9.83. The molecule has 0 atom stereocenters. The molecule has 0 heterocycles. The summed E-state index contributed by atoms with van der Waals surface area (Å²) in [5.41, 5.74) is 9.16. The predicted molar refractivity (Wildman–Crippen MR) is 206 cm³/mol. The third-order valence-electron chi connectivity index (χ3n) is 9.17. The van der Waals surface area contributed by atoms with Gasteiger partial charge in [0.15, 0.2) is 0 Å².